The molecule has 3 aromatic rings. The molecule has 0 spiro atoms. The number of ether oxygens (including phenoxy) is 1. The lowest BCUT2D eigenvalue weighted by molar-refractivity contribution is -0.121. The maximum atomic E-state index is 13.3. The molecular weight excluding hydrogens is 390 g/mol. The van der Waals surface area contributed by atoms with Gasteiger partial charge in [-0.1, -0.05) is 43.3 Å². The van der Waals surface area contributed by atoms with Crippen molar-refractivity contribution in [1.82, 2.24) is 9.88 Å². The molecule has 0 saturated carbocycles. The molecule has 0 aliphatic carbocycles. The predicted octanol–water partition coefficient (Wildman–Crippen LogP) is 3.36. The van der Waals surface area contributed by atoms with Crippen molar-refractivity contribution < 1.29 is 14.3 Å². The van der Waals surface area contributed by atoms with Crippen LogP contribution in [0.25, 0.3) is 10.9 Å². The molecule has 2 aliphatic rings. The number of anilines is 1. The quantitative estimate of drug-likeness (QED) is 0.612. The normalized spacial score (nSPS) is 15.6. The highest BCUT2D eigenvalue weighted by Crippen LogP contribution is 2.30. The van der Waals surface area contributed by atoms with Crippen LogP contribution in [-0.4, -0.2) is 48.0 Å². The number of hydrogen-bond acceptors (Lipinski definition) is 5. The minimum Gasteiger partial charge on any atom is -0.452 e. The van der Waals surface area contributed by atoms with E-state index in [1.54, 1.807) is 4.90 Å². The van der Waals surface area contributed by atoms with Gasteiger partial charge in [-0.15, -0.1) is 0 Å². The van der Waals surface area contributed by atoms with Gasteiger partial charge in [-0.05, 0) is 30.7 Å². The van der Waals surface area contributed by atoms with Gasteiger partial charge in [-0.3, -0.25) is 14.7 Å². The molecule has 6 heteroatoms. The number of benzene rings is 2. The first-order valence-corrected chi connectivity index (χ1v) is 10.8. The minimum atomic E-state index is -0.450. The number of esters is 1. The number of rotatable bonds is 4. The summed E-state index contributed by atoms with van der Waals surface area (Å²) < 4.78 is 5.58. The second kappa shape index (κ2) is 8.12. The lowest BCUT2D eigenvalue weighted by Crippen LogP contribution is -2.34. The number of likely N-dealkylation sites (N-methyl/N-ethyl adjacent to an activating group) is 1. The fourth-order valence-corrected chi connectivity index (χ4v) is 4.62. The molecule has 31 heavy (non-hydrogen) atoms. The summed E-state index contributed by atoms with van der Waals surface area (Å²) in [5.41, 5.74) is 5.28. The van der Waals surface area contributed by atoms with Gasteiger partial charge in [0, 0.05) is 48.4 Å². The van der Waals surface area contributed by atoms with Gasteiger partial charge < -0.3 is 9.64 Å². The van der Waals surface area contributed by atoms with Crippen molar-refractivity contribution in [2.24, 2.45) is 0 Å². The van der Waals surface area contributed by atoms with Crippen LogP contribution < -0.4 is 4.90 Å². The number of carbonyl (C=O) groups excluding carboxylic acids is 2. The lowest BCUT2D eigenvalue weighted by atomic mass is 9.96. The highest BCUT2D eigenvalue weighted by atomic mass is 16.5. The molecule has 2 aromatic carbocycles. The Morgan fingerprint density at radius 1 is 1.03 bits per heavy atom. The zero-order valence-corrected chi connectivity index (χ0v) is 17.6. The highest BCUT2D eigenvalue weighted by Gasteiger charge is 2.28. The van der Waals surface area contributed by atoms with E-state index < -0.39 is 5.97 Å². The molecule has 0 fully saturated rings. The summed E-state index contributed by atoms with van der Waals surface area (Å²) in [6.07, 6.45) is 1.63. The van der Waals surface area contributed by atoms with Crippen molar-refractivity contribution in [1.29, 1.82) is 0 Å². The van der Waals surface area contributed by atoms with Crippen LogP contribution in [0.5, 0.6) is 0 Å². The number of amides is 1. The van der Waals surface area contributed by atoms with Gasteiger partial charge in [-0.2, -0.15) is 0 Å². The molecule has 0 bridgehead atoms. The van der Waals surface area contributed by atoms with Gasteiger partial charge >= 0.3 is 5.97 Å². The third-order valence-electron chi connectivity index (χ3n) is 6.29. The van der Waals surface area contributed by atoms with E-state index in [2.05, 4.69) is 11.8 Å². The number of nitrogens with zero attached hydrogens (tertiary/aromatic N) is 3. The third-order valence-corrected chi connectivity index (χ3v) is 6.29. The van der Waals surface area contributed by atoms with Crippen LogP contribution in [0.1, 0.15) is 34.1 Å². The van der Waals surface area contributed by atoms with E-state index in [0.717, 1.165) is 59.3 Å². The van der Waals surface area contributed by atoms with Gasteiger partial charge in [-0.25, -0.2) is 4.79 Å². The molecule has 2 aliphatic heterocycles. The molecule has 3 heterocycles. The molecule has 5 rings (SSSR count). The number of carbonyl (C=O) groups is 2. The largest absolute Gasteiger partial charge is 0.452 e. The van der Waals surface area contributed by atoms with Crippen LogP contribution in [0.2, 0.25) is 0 Å². The van der Waals surface area contributed by atoms with Crippen molar-refractivity contribution in [3.05, 3.63) is 70.9 Å². The van der Waals surface area contributed by atoms with Crippen LogP contribution in [-0.2, 0) is 28.9 Å². The van der Waals surface area contributed by atoms with E-state index in [-0.39, 0.29) is 12.5 Å². The van der Waals surface area contributed by atoms with Gasteiger partial charge in [0.25, 0.3) is 5.91 Å². The van der Waals surface area contributed by atoms with Crippen molar-refractivity contribution in [2.45, 2.75) is 26.3 Å². The molecule has 6 nitrogen and oxygen atoms in total. The fraction of sp³-hybridized carbons (Fsp3) is 0.320. The van der Waals surface area contributed by atoms with E-state index in [0.29, 0.717) is 18.7 Å². The zero-order chi connectivity index (χ0) is 21.4. The number of aromatic nitrogens is 1. The monoisotopic (exact) mass is 415 g/mol. The Hall–Kier alpha value is -3.25. The van der Waals surface area contributed by atoms with Gasteiger partial charge in [0.05, 0.1) is 11.1 Å². The first-order chi connectivity index (χ1) is 15.2. The molecule has 0 radical (unpaired) electrons. The highest BCUT2D eigenvalue weighted by molar-refractivity contribution is 6.06. The third kappa shape index (κ3) is 3.57. The summed E-state index contributed by atoms with van der Waals surface area (Å²) in [5.74, 6) is -0.644. The van der Waals surface area contributed by atoms with Crippen molar-refractivity contribution in [2.75, 3.05) is 31.1 Å². The summed E-state index contributed by atoms with van der Waals surface area (Å²) >= 11 is 0. The van der Waals surface area contributed by atoms with Crippen LogP contribution in [0.3, 0.4) is 0 Å². The van der Waals surface area contributed by atoms with Crippen LogP contribution in [0.15, 0.2) is 48.5 Å². The maximum absolute atomic E-state index is 13.3. The Balaban J connectivity index is 1.42. The topological polar surface area (TPSA) is 62.7 Å². The standard InChI is InChI=1S/C25H25N3O3/c1-2-27-13-12-21-19(15-27)24(18-8-4-5-9-20(18)26-21)25(30)31-16-23(29)28-14-11-17-7-3-6-10-22(17)28/h3-10H,2,11-16H2,1H3. The number of hydrogen-bond donors (Lipinski definition) is 0. The molecule has 1 aromatic heterocycles. The average Bonchev–Trinajstić information content (AvgIpc) is 3.24. The lowest BCUT2D eigenvalue weighted by Gasteiger charge is -2.29. The summed E-state index contributed by atoms with van der Waals surface area (Å²) in [6, 6.07) is 15.5. The Morgan fingerprint density at radius 3 is 2.71 bits per heavy atom. The molecule has 0 N–H and O–H groups in total. The molecule has 158 valence electrons. The predicted molar refractivity (Wildman–Crippen MR) is 119 cm³/mol. The fourth-order valence-electron chi connectivity index (χ4n) is 4.62. The Kier molecular flexibility index (Phi) is 5.16. The molecule has 0 unspecified atom stereocenters. The first kappa shape index (κ1) is 19.7. The van der Waals surface area contributed by atoms with E-state index in [1.165, 1.54) is 0 Å². The Morgan fingerprint density at radius 2 is 1.84 bits per heavy atom. The van der Waals surface area contributed by atoms with E-state index in [1.807, 2.05) is 48.5 Å². The Bertz CT molecular complexity index is 1170. The number of pyridine rings is 1. The van der Waals surface area contributed by atoms with Crippen LogP contribution in [0.4, 0.5) is 5.69 Å². The van der Waals surface area contributed by atoms with E-state index >= 15 is 0 Å². The smallest absolute Gasteiger partial charge is 0.339 e. The maximum Gasteiger partial charge on any atom is 0.339 e. The van der Waals surface area contributed by atoms with Crippen LogP contribution >= 0.6 is 0 Å². The molecular formula is C25H25N3O3. The second-order valence-electron chi connectivity index (χ2n) is 8.05. The first-order valence-electron chi connectivity index (χ1n) is 10.8. The summed E-state index contributed by atoms with van der Waals surface area (Å²) in [6.45, 7) is 4.97. The van der Waals surface area contributed by atoms with Gasteiger partial charge in [0.15, 0.2) is 6.61 Å². The van der Waals surface area contributed by atoms with Gasteiger partial charge in [0.1, 0.15) is 0 Å². The summed E-state index contributed by atoms with van der Waals surface area (Å²) in [5, 5.41) is 0.781. The molecule has 1 amide bonds. The average molecular weight is 415 g/mol. The molecule has 0 saturated heterocycles. The van der Waals surface area contributed by atoms with Crippen molar-refractivity contribution in [3.63, 3.8) is 0 Å². The number of para-hydroxylation sites is 2. The van der Waals surface area contributed by atoms with Crippen molar-refractivity contribution in [3.8, 4) is 0 Å². The summed E-state index contributed by atoms with van der Waals surface area (Å²) in [4.78, 5) is 34.9. The van der Waals surface area contributed by atoms with Crippen LogP contribution in [0, 0.1) is 0 Å². The Labute approximate surface area is 181 Å². The summed E-state index contributed by atoms with van der Waals surface area (Å²) in [7, 11) is 0. The van der Waals surface area contributed by atoms with E-state index in [9.17, 15) is 9.59 Å². The number of fused-ring (bicyclic) bond motifs is 3. The van der Waals surface area contributed by atoms with Gasteiger partial charge in [0.2, 0.25) is 0 Å². The minimum absolute atomic E-state index is 0.194. The SMILES string of the molecule is CCN1CCc2nc3ccccc3c(C(=O)OCC(=O)N3CCc4ccccc43)c2C1. The van der Waals surface area contributed by atoms with Crippen molar-refractivity contribution >= 4 is 28.5 Å². The zero-order valence-electron chi connectivity index (χ0n) is 17.6. The molecule has 0 atom stereocenters. The second-order valence-corrected chi connectivity index (χ2v) is 8.05. The van der Waals surface area contributed by atoms with E-state index in [4.69, 9.17) is 9.72 Å².